The van der Waals surface area contributed by atoms with Crippen LogP contribution in [-0.2, 0) is 16.1 Å². The Morgan fingerprint density at radius 2 is 2.28 bits per heavy atom. The molecule has 0 spiro atoms. The zero-order chi connectivity index (χ0) is 13.6. The first-order valence-electron chi connectivity index (χ1n) is 5.70. The summed E-state index contributed by atoms with van der Waals surface area (Å²) in [5.74, 6) is 4.83. The summed E-state index contributed by atoms with van der Waals surface area (Å²) in [5, 5.41) is 1.85. The second-order valence-corrected chi connectivity index (χ2v) is 5.43. The van der Waals surface area contributed by atoms with Crippen LogP contribution in [0.25, 0.3) is 0 Å². The lowest BCUT2D eigenvalue weighted by atomic mass is 10.1. The standard InChI is InChI=1S/C12H20N2O3S/c1-12(2,16-3)5-6-17-8-9-4-7-18-10(9)11(15)14-13/h4,7H,5-6,8,13H2,1-3H3,(H,14,15). The van der Waals surface area contributed by atoms with Crippen molar-refractivity contribution >= 4 is 17.2 Å². The number of carbonyl (C=O) groups excluding carboxylic acids is 1. The number of hydrazine groups is 1. The topological polar surface area (TPSA) is 73.6 Å². The molecule has 3 N–H and O–H groups in total. The minimum absolute atomic E-state index is 0.188. The van der Waals surface area contributed by atoms with Gasteiger partial charge in [-0.2, -0.15) is 0 Å². The predicted octanol–water partition coefficient (Wildman–Crippen LogP) is 1.68. The van der Waals surface area contributed by atoms with Gasteiger partial charge < -0.3 is 9.47 Å². The molecule has 0 unspecified atom stereocenters. The van der Waals surface area contributed by atoms with Crippen molar-refractivity contribution in [2.45, 2.75) is 32.5 Å². The number of carbonyl (C=O) groups is 1. The highest BCUT2D eigenvalue weighted by atomic mass is 32.1. The fraction of sp³-hybridized carbons (Fsp3) is 0.583. The minimum atomic E-state index is -0.277. The van der Waals surface area contributed by atoms with Gasteiger partial charge in [-0.05, 0) is 31.7 Å². The Bertz CT molecular complexity index is 390. The number of nitrogens with two attached hydrogens (primary N) is 1. The van der Waals surface area contributed by atoms with Crippen LogP contribution in [0, 0.1) is 0 Å². The largest absolute Gasteiger partial charge is 0.379 e. The summed E-state index contributed by atoms with van der Waals surface area (Å²) in [6.45, 7) is 5.01. The summed E-state index contributed by atoms with van der Waals surface area (Å²) in [6, 6.07) is 1.87. The van der Waals surface area contributed by atoms with Crippen molar-refractivity contribution in [3.05, 3.63) is 21.9 Å². The van der Waals surface area contributed by atoms with Crippen molar-refractivity contribution < 1.29 is 14.3 Å². The van der Waals surface area contributed by atoms with Crippen LogP contribution in [0.3, 0.4) is 0 Å². The molecule has 1 aromatic rings. The zero-order valence-corrected chi connectivity index (χ0v) is 11.8. The van der Waals surface area contributed by atoms with E-state index in [9.17, 15) is 4.79 Å². The van der Waals surface area contributed by atoms with E-state index in [4.69, 9.17) is 15.3 Å². The fourth-order valence-electron chi connectivity index (χ4n) is 1.32. The van der Waals surface area contributed by atoms with Crippen LogP contribution < -0.4 is 11.3 Å². The molecule has 0 aliphatic rings. The van der Waals surface area contributed by atoms with Crippen LogP contribution in [0.15, 0.2) is 11.4 Å². The highest BCUT2D eigenvalue weighted by Gasteiger charge is 2.16. The number of hydrogen-bond donors (Lipinski definition) is 2. The van der Waals surface area contributed by atoms with Gasteiger partial charge in [0.25, 0.3) is 5.91 Å². The molecule has 0 aromatic carbocycles. The van der Waals surface area contributed by atoms with Crippen molar-refractivity contribution in [1.29, 1.82) is 0 Å². The van der Waals surface area contributed by atoms with Crippen LogP contribution in [0.5, 0.6) is 0 Å². The highest BCUT2D eigenvalue weighted by Crippen LogP contribution is 2.18. The van der Waals surface area contributed by atoms with Crippen molar-refractivity contribution in [3.8, 4) is 0 Å². The van der Waals surface area contributed by atoms with Crippen LogP contribution in [0.2, 0.25) is 0 Å². The highest BCUT2D eigenvalue weighted by molar-refractivity contribution is 7.12. The lowest BCUT2D eigenvalue weighted by molar-refractivity contribution is -0.0124. The first-order chi connectivity index (χ1) is 8.50. The van der Waals surface area contributed by atoms with Crippen LogP contribution in [0.1, 0.15) is 35.5 Å². The summed E-state index contributed by atoms with van der Waals surface area (Å²) in [5.41, 5.74) is 2.80. The van der Waals surface area contributed by atoms with E-state index in [0.717, 1.165) is 12.0 Å². The van der Waals surface area contributed by atoms with E-state index in [2.05, 4.69) is 5.43 Å². The molecular formula is C12H20N2O3S. The average molecular weight is 272 g/mol. The van der Waals surface area contributed by atoms with Crippen molar-refractivity contribution in [2.75, 3.05) is 13.7 Å². The summed E-state index contributed by atoms with van der Waals surface area (Å²) >= 11 is 1.35. The quantitative estimate of drug-likeness (QED) is 0.343. The van der Waals surface area contributed by atoms with Gasteiger partial charge in [0.15, 0.2) is 0 Å². The summed E-state index contributed by atoms with van der Waals surface area (Å²) in [4.78, 5) is 12.0. The number of rotatable bonds is 7. The third-order valence-corrected chi connectivity index (χ3v) is 3.70. The Kier molecular flexibility index (Phi) is 5.74. The Morgan fingerprint density at radius 3 is 2.89 bits per heavy atom. The third kappa shape index (κ3) is 4.38. The van der Waals surface area contributed by atoms with Crippen LogP contribution in [0.4, 0.5) is 0 Å². The second-order valence-electron chi connectivity index (χ2n) is 4.51. The maximum Gasteiger partial charge on any atom is 0.275 e. The van der Waals surface area contributed by atoms with E-state index >= 15 is 0 Å². The van der Waals surface area contributed by atoms with Crippen molar-refractivity contribution in [3.63, 3.8) is 0 Å². The zero-order valence-electron chi connectivity index (χ0n) is 11.0. The molecule has 5 nitrogen and oxygen atoms in total. The predicted molar refractivity (Wildman–Crippen MR) is 71.3 cm³/mol. The number of methoxy groups -OCH3 is 1. The lowest BCUT2D eigenvalue weighted by Crippen LogP contribution is -2.30. The Balaban J connectivity index is 2.41. The van der Waals surface area contributed by atoms with Gasteiger partial charge in [0.2, 0.25) is 0 Å². The molecule has 0 radical (unpaired) electrons. The van der Waals surface area contributed by atoms with Gasteiger partial charge >= 0.3 is 0 Å². The number of amides is 1. The minimum Gasteiger partial charge on any atom is -0.379 e. The molecular weight excluding hydrogens is 252 g/mol. The Morgan fingerprint density at radius 1 is 1.56 bits per heavy atom. The summed E-state index contributed by atoms with van der Waals surface area (Å²) < 4.78 is 10.9. The van der Waals surface area contributed by atoms with E-state index in [0.29, 0.717) is 18.1 Å². The molecule has 1 amide bonds. The molecule has 0 bridgehead atoms. The lowest BCUT2D eigenvalue weighted by Gasteiger charge is -2.22. The molecule has 18 heavy (non-hydrogen) atoms. The van der Waals surface area contributed by atoms with Gasteiger partial charge in [0, 0.05) is 19.3 Å². The number of hydrogen-bond acceptors (Lipinski definition) is 5. The molecule has 0 atom stereocenters. The first-order valence-corrected chi connectivity index (χ1v) is 6.58. The molecule has 0 saturated heterocycles. The molecule has 0 saturated carbocycles. The van der Waals surface area contributed by atoms with E-state index in [1.165, 1.54) is 11.3 Å². The molecule has 6 heteroatoms. The van der Waals surface area contributed by atoms with Crippen molar-refractivity contribution in [1.82, 2.24) is 5.43 Å². The van der Waals surface area contributed by atoms with Crippen molar-refractivity contribution in [2.24, 2.45) is 5.84 Å². The van der Waals surface area contributed by atoms with Gasteiger partial charge in [-0.25, -0.2) is 5.84 Å². The fourth-order valence-corrected chi connectivity index (χ4v) is 2.13. The van der Waals surface area contributed by atoms with E-state index < -0.39 is 0 Å². The SMILES string of the molecule is COC(C)(C)CCOCc1ccsc1C(=O)NN. The molecule has 0 aliphatic carbocycles. The first kappa shape index (κ1) is 15.1. The normalized spacial score (nSPS) is 11.6. The second kappa shape index (κ2) is 6.84. The Labute approximate surface area is 111 Å². The summed E-state index contributed by atoms with van der Waals surface area (Å²) in [7, 11) is 1.68. The van der Waals surface area contributed by atoms with Gasteiger partial charge in [-0.1, -0.05) is 0 Å². The molecule has 1 aromatic heterocycles. The number of nitrogens with one attached hydrogen (secondary N) is 1. The van der Waals surface area contributed by atoms with Gasteiger partial charge in [0.1, 0.15) is 0 Å². The number of thiophene rings is 1. The van der Waals surface area contributed by atoms with Crippen LogP contribution >= 0.6 is 11.3 Å². The monoisotopic (exact) mass is 272 g/mol. The third-order valence-electron chi connectivity index (χ3n) is 2.74. The number of ether oxygens (including phenoxy) is 2. The molecule has 102 valence electrons. The maximum absolute atomic E-state index is 11.4. The molecule has 0 aliphatic heterocycles. The molecule has 1 heterocycles. The van der Waals surface area contributed by atoms with E-state index in [1.807, 2.05) is 25.3 Å². The number of nitrogen functional groups attached to an aromatic ring is 1. The average Bonchev–Trinajstić information content (AvgIpc) is 2.82. The maximum atomic E-state index is 11.4. The van der Waals surface area contributed by atoms with Gasteiger partial charge in [-0.15, -0.1) is 11.3 Å². The van der Waals surface area contributed by atoms with Gasteiger partial charge in [0.05, 0.1) is 17.1 Å². The smallest absolute Gasteiger partial charge is 0.275 e. The Hall–Kier alpha value is -0.950. The van der Waals surface area contributed by atoms with Crippen LogP contribution in [-0.4, -0.2) is 25.2 Å². The molecule has 1 rings (SSSR count). The summed E-state index contributed by atoms with van der Waals surface area (Å²) in [6.07, 6.45) is 0.798. The van der Waals surface area contributed by atoms with E-state index in [-0.39, 0.29) is 11.5 Å². The molecule has 0 fully saturated rings. The van der Waals surface area contributed by atoms with E-state index in [1.54, 1.807) is 7.11 Å². The van der Waals surface area contributed by atoms with Gasteiger partial charge in [-0.3, -0.25) is 10.2 Å².